The number of hydrogen-bond donors (Lipinski definition) is 1. The Bertz CT molecular complexity index is 1420. The monoisotopic (exact) mass is 519 g/mol. The van der Waals surface area contributed by atoms with Crippen LogP contribution in [0.4, 0.5) is 5.69 Å². The van der Waals surface area contributed by atoms with Crippen LogP contribution in [0.25, 0.3) is 5.76 Å². The predicted molar refractivity (Wildman–Crippen MR) is 141 cm³/mol. The zero-order valence-corrected chi connectivity index (χ0v) is 21.2. The highest BCUT2D eigenvalue weighted by Gasteiger charge is 2.47. The van der Waals surface area contributed by atoms with Crippen LogP contribution in [0.5, 0.6) is 17.2 Å². The molecule has 5 rings (SSSR count). The van der Waals surface area contributed by atoms with Crippen LogP contribution in [0.15, 0.2) is 66.2 Å². The summed E-state index contributed by atoms with van der Waals surface area (Å²) < 4.78 is 16.9. The molecule has 0 spiro atoms. The number of carbonyl (C=O) groups is 2. The molecule has 1 N–H and O–H groups in total. The Morgan fingerprint density at radius 3 is 2.70 bits per heavy atom. The normalized spacial score (nSPS) is 18.4. The van der Waals surface area contributed by atoms with E-state index in [0.717, 1.165) is 24.2 Å². The lowest BCUT2D eigenvalue weighted by atomic mass is 9.93. The zero-order valence-electron chi connectivity index (χ0n) is 20.5. The van der Waals surface area contributed by atoms with E-state index in [2.05, 4.69) is 0 Å². The van der Waals surface area contributed by atoms with Gasteiger partial charge in [0, 0.05) is 16.3 Å². The molecule has 0 radical (unpaired) electrons. The third-order valence-electron chi connectivity index (χ3n) is 6.52. The standard InChI is InChI=1S/C29H26ClNO6/c1-3-36-24-15-18(9-12-23(24)35-2)26-25(27(32)19-10-11-22-17(14-19)6-5-13-37-22)28(33)29(34)31(26)21-8-4-7-20(30)16-21/h4,7-12,14-16,26,32H,3,5-6,13H2,1-2H3/b27-25+. The van der Waals surface area contributed by atoms with Crippen LogP contribution in [0.1, 0.15) is 36.1 Å². The number of hydrogen-bond acceptors (Lipinski definition) is 6. The number of Topliss-reactive ketones (excluding diaryl/α,β-unsaturated/α-hetero) is 1. The highest BCUT2D eigenvalue weighted by Crippen LogP contribution is 2.45. The predicted octanol–water partition coefficient (Wildman–Crippen LogP) is 5.70. The molecule has 190 valence electrons. The SMILES string of the molecule is CCOc1cc(C2/C(=C(\O)c3ccc4c(c3)CCCO4)C(=O)C(=O)N2c2cccc(Cl)c2)ccc1OC. The van der Waals surface area contributed by atoms with Gasteiger partial charge in [0.25, 0.3) is 11.7 Å². The second-order valence-corrected chi connectivity index (χ2v) is 9.20. The van der Waals surface area contributed by atoms with Gasteiger partial charge in [0.2, 0.25) is 0 Å². The van der Waals surface area contributed by atoms with Gasteiger partial charge in [-0.15, -0.1) is 0 Å². The quantitative estimate of drug-likeness (QED) is 0.255. The summed E-state index contributed by atoms with van der Waals surface area (Å²) in [7, 11) is 1.54. The van der Waals surface area contributed by atoms with Crippen molar-refractivity contribution in [2.45, 2.75) is 25.8 Å². The van der Waals surface area contributed by atoms with Gasteiger partial charge in [0.1, 0.15) is 11.5 Å². The number of aryl methyl sites for hydroxylation is 1. The molecule has 1 fully saturated rings. The highest BCUT2D eigenvalue weighted by atomic mass is 35.5. The van der Waals surface area contributed by atoms with E-state index in [9.17, 15) is 14.7 Å². The fourth-order valence-electron chi connectivity index (χ4n) is 4.84. The van der Waals surface area contributed by atoms with Gasteiger partial charge in [0.05, 0.1) is 31.9 Å². The number of aliphatic hydroxyl groups is 1. The molecule has 3 aromatic carbocycles. The number of anilines is 1. The van der Waals surface area contributed by atoms with Crippen LogP contribution in [0.3, 0.4) is 0 Å². The first-order valence-electron chi connectivity index (χ1n) is 12.1. The molecule has 0 aliphatic carbocycles. The molecule has 0 bridgehead atoms. The van der Waals surface area contributed by atoms with Crippen LogP contribution < -0.4 is 19.1 Å². The van der Waals surface area contributed by atoms with Crippen molar-refractivity contribution >= 4 is 34.7 Å². The van der Waals surface area contributed by atoms with E-state index in [0.29, 0.717) is 46.5 Å². The Morgan fingerprint density at radius 2 is 1.95 bits per heavy atom. The zero-order chi connectivity index (χ0) is 26.1. The average molecular weight is 520 g/mol. The first-order chi connectivity index (χ1) is 17.9. The molecule has 1 atom stereocenters. The first kappa shape index (κ1) is 24.7. The van der Waals surface area contributed by atoms with Crippen LogP contribution in [-0.4, -0.2) is 37.1 Å². The van der Waals surface area contributed by atoms with Crippen molar-refractivity contribution < 1.29 is 28.9 Å². The van der Waals surface area contributed by atoms with Crippen LogP contribution >= 0.6 is 11.6 Å². The first-order valence-corrected chi connectivity index (χ1v) is 12.4. The minimum atomic E-state index is -0.920. The molecule has 2 heterocycles. The lowest BCUT2D eigenvalue weighted by Crippen LogP contribution is -2.29. The summed E-state index contributed by atoms with van der Waals surface area (Å²) in [6.45, 7) is 2.89. The molecule has 37 heavy (non-hydrogen) atoms. The van der Waals surface area contributed by atoms with E-state index in [1.807, 2.05) is 13.0 Å². The van der Waals surface area contributed by atoms with Crippen molar-refractivity contribution in [2.75, 3.05) is 25.2 Å². The number of methoxy groups -OCH3 is 1. The van der Waals surface area contributed by atoms with E-state index < -0.39 is 17.7 Å². The number of carbonyl (C=O) groups excluding carboxylic acids is 2. The molecule has 2 aliphatic heterocycles. The summed E-state index contributed by atoms with van der Waals surface area (Å²) in [6.07, 6.45) is 1.66. The largest absolute Gasteiger partial charge is 0.507 e. The summed E-state index contributed by atoms with van der Waals surface area (Å²) in [4.78, 5) is 28.3. The van der Waals surface area contributed by atoms with Gasteiger partial charge >= 0.3 is 0 Å². The summed E-state index contributed by atoms with van der Waals surface area (Å²) in [5.74, 6) is -0.0653. The van der Waals surface area contributed by atoms with Gasteiger partial charge in [-0.05, 0) is 79.4 Å². The molecule has 2 aliphatic rings. The third kappa shape index (κ3) is 4.51. The number of ketones is 1. The van der Waals surface area contributed by atoms with Gasteiger partial charge in [-0.2, -0.15) is 0 Å². The lowest BCUT2D eigenvalue weighted by molar-refractivity contribution is -0.132. The van der Waals surface area contributed by atoms with Crippen LogP contribution in [0.2, 0.25) is 5.02 Å². The molecule has 0 aromatic heterocycles. The minimum absolute atomic E-state index is 0.0192. The number of ether oxygens (including phenoxy) is 3. The fraction of sp³-hybridized carbons (Fsp3) is 0.241. The highest BCUT2D eigenvalue weighted by molar-refractivity contribution is 6.51. The van der Waals surface area contributed by atoms with Gasteiger partial charge in [-0.3, -0.25) is 14.5 Å². The number of nitrogens with zero attached hydrogens (tertiary/aromatic N) is 1. The molecule has 1 amide bonds. The summed E-state index contributed by atoms with van der Waals surface area (Å²) in [5.41, 5.74) is 2.38. The Hall–Kier alpha value is -3.97. The van der Waals surface area contributed by atoms with Gasteiger partial charge in [-0.1, -0.05) is 23.7 Å². The number of rotatable bonds is 6. The van der Waals surface area contributed by atoms with Crippen LogP contribution in [-0.2, 0) is 16.0 Å². The fourth-order valence-corrected chi connectivity index (χ4v) is 5.02. The number of amides is 1. The van der Waals surface area contributed by atoms with Crippen LogP contribution in [0, 0.1) is 0 Å². The second kappa shape index (κ2) is 10.2. The van der Waals surface area contributed by atoms with Crippen molar-refractivity contribution in [1.82, 2.24) is 0 Å². The second-order valence-electron chi connectivity index (χ2n) is 8.77. The molecular weight excluding hydrogens is 494 g/mol. The Kier molecular flexibility index (Phi) is 6.80. The average Bonchev–Trinajstić information content (AvgIpc) is 3.18. The lowest BCUT2D eigenvalue weighted by Gasteiger charge is -2.26. The topological polar surface area (TPSA) is 85.3 Å². The minimum Gasteiger partial charge on any atom is -0.507 e. The van der Waals surface area contributed by atoms with E-state index in [1.165, 1.54) is 12.0 Å². The van der Waals surface area contributed by atoms with E-state index in [4.69, 9.17) is 25.8 Å². The third-order valence-corrected chi connectivity index (χ3v) is 6.75. The van der Waals surface area contributed by atoms with Crippen molar-refractivity contribution in [1.29, 1.82) is 0 Å². The molecular formula is C29H26ClNO6. The van der Waals surface area contributed by atoms with E-state index in [1.54, 1.807) is 54.6 Å². The Balaban J connectivity index is 1.71. The summed E-state index contributed by atoms with van der Waals surface area (Å²) >= 11 is 6.24. The van der Waals surface area contributed by atoms with E-state index in [-0.39, 0.29) is 11.3 Å². The number of halogens is 1. The van der Waals surface area contributed by atoms with Gasteiger partial charge in [-0.25, -0.2) is 0 Å². The van der Waals surface area contributed by atoms with E-state index >= 15 is 0 Å². The molecule has 1 saturated heterocycles. The van der Waals surface area contributed by atoms with Crippen molar-refractivity contribution in [3.05, 3.63) is 87.9 Å². The maximum Gasteiger partial charge on any atom is 0.300 e. The molecule has 7 nitrogen and oxygen atoms in total. The van der Waals surface area contributed by atoms with Crippen molar-refractivity contribution in [3.8, 4) is 17.2 Å². The van der Waals surface area contributed by atoms with Gasteiger partial charge < -0.3 is 19.3 Å². The number of fused-ring (bicyclic) bond motifs is 1. The molecule has 3 aromatic rings. The maximum absolute atomic E-state index is 13.5. The number of aliphatic hydroxyl groups excluding tert-OH is 1. The summed E-state index contributed by atoms with van der Waals surface area (Å²) in [6, 6.07) is 16.3. The molecule has 1 unspecified atom stereocenters. The Labute approximate surface area is 219 Å². The Morgan fingerprint density at radius 1 is 1.11 bits per heavy atom. The molecule has 0 saturated carbocycles. The maximum atomic E-state index is 13.5. The molecule has 8 heteroatoms. The van der Waals surface area contributed by atoms with Gasteiger partial charge in [0.15, 0.2) is 11.5 Å². The van der Waals surface area contributed by atoms with Crippen molar-refractivity contribution in [2.24, 2.45) is 0 Å². The van der Waals surface area contributed by atoms with Crippen molar-refractivity contribution in [3.63, 3.8) is 0 Å². The summed E-state index contributed by atoms with van der Waals surface area (Å²) in [5, 5.41) is 11.9. The smallest absolute Gasteiger partial charge is 0.300 e. The number of benzene rings is 3.